The van der Waals surface area contributed by atoms with Crippen LogP contribution in [0.5, 0.6) is 5.75 Å². The van der Waals surface area contributed by atoms with Crippen molar-refractivity contribution in [2.24, 2.45) is 5.92 Å². The first-order chi connectivity index (χ1) is 8.77. The number of benzene rings is 1. The lowest BCUT2D eigenvalue weighted by atomic mass is 10.0. The average Bonchev–Trinajstić information content (AvgIpc) is 2.30. The number of rotatable bonds is 6. The summed E-state index contributed by atoms with van der Waals surface area (Å²) in [5, 5.41) is -0.467. The van der Waals surface area contributed by atoms with E-state index >= 15 is 0 Å². The maximum absolute atomic E-state index is 12.0. The van der Waals surface area contributed by atoms with Gasteiger partial charge in [0.25, 0.3) is 0 Å². The fraction of sp³-hybridized carbons (Fsp3) is 0.571. The average molecular weight is 285 g/mol. The van der Waals surface area contributed by atoms with Crippen LogP contribution in [0, 0.1) is 5.92 Å². The topological polar surface area (TPSA) is 55.4 Å². The van der Waals surface area contributed by atoms with E-state index in [1.54, 1.807) is 33.1 Å². The largest absolute Gasteiger partial charge is 0.496 e. The van der Waals surface area contributed by atoms with Crippen LogP contribution in [0.4, 0.5) is 5.69 Å². The second-order valence-corrected chi connectivity index (χ2v) is 7.52. The first-order valence-electron chi connectivity index (χ1n) is 6.45. The van der Waals surface area contributed by atoms with E-state index in [2.05, 4.69) is 18.6 Å². The standard InChI is InChI=1S/C14H23NO3S/c1-10(2)9-12-13(7-6-8-14(12)18-5)15-19(16,17)11(3)4/h6-8,10-11,15H,9H2,1-5H3. The normalized spacial score (nSPS) is 11.9. The highest BCUT2D eigenvalue weighted by atomic mass is 32.2. The predicted octanol–water partition coefficient (Wildman–Crippen LogP) is 3.04. The second kappa shape index (κ2) is 6.28. The van der Waals surface area contributed by atoms with Crippen molar-refractivity contribution in [3.63, 3.8) is 0 Å². The molecular weight excluding hydrogens is 262 g/mol. The molecule has 0 atom stereocenters. The molecule has 1 rings (SSSR count). The van der Waals surface area contributed by atoms with Gasteiger partial charge in [0.15, 0.2) is 0 Å². The number of ether oxygens (including phenoxy) is 1. The highest BCUT2D eigenvalue weighted by Gasteiger charge is 2.19. The van der Waals surface area contributed by atoms with Gasteiger partial charge in [0.05, 0.1) is 18.0 Å². The highest BCUT2D eigenvalue weighted by molar-refractivity contribution is 7.93. The van der Waals surface area contributed by atoms with Gasteiger partial charge in [-0.1, -0.05) is 19.9 Å². The molecule has 0 saturated heterocycles. The van der Waals surface area contributed by atoms with E-state index in [-0.39, 0.29) is 0 Å². The first kappa shape index (κ1) is 15.8. The summed E-state index contributed by atoms with van der Waals surface area (Å²) in [7, 11) is -1.74. The van der Waals surface area contributed by atoms with Crippen molar-refractivity contribution < 1.29 is 13.2 Å². The van der Waals surface area contributed by atoms with E-state index in [4.69, 9.17) is 4.74 Å². The summed E-state index contributed by atoms with van der Waals surface area (Å²) in [5.74, 6) is 1.14. The van der Waals surface area contributed by atoms with Crippen molar-refractivity contribution in [2.45, 2.75) is 39.4 Å². The van der Waals surface area contributed by atoms with Crippen LogP contribution >= 0.6 is 0 Å². The van der Waals surface area contributed by atoms with Gasteiger partial charge in [-0.3, -0.25) is 4.72 Å². The zero-order chi connectivity index (χ0) is 14.6. The SMILES string of the molecule is COc1cccc(NS(=O)(=O)C(C)C)c1CC(C)C. The Labute approximate surface area is 116 Å². The van der Waals surface area contributed by atoms with Crippen LogP contribution < -0.4 is 9.46 Å². The van der Waals surface area contributed by atoms with Crippen molar-refractivity contribution in [3.05, 3.63) is 23.8 Å². The van der Waals surface area contributed by atoms with Gasteiger partial charge >= 0.3 is 0 Å². The van der Waals surface area contributed by atoms with Crippen molar-refractivity contribution in [2.75, 3.05) is 11.8 Å². The van der Waals surface area contributed by atoms with E-state index in [1.165, 1.54) is 0 Å². The second-order valence-electron chi connectivity index (χ2n) is 5.28. The third-order valence-corrected chi connectivity index (χ3v) is 4.58. The van der Waals surface area contributed by atoms with Crippen molar-refractivity contribution in [1.29, 1.82) is 0 Å². The molecule has 0 radical (unpaired) electrons. The monoisotopic (exact) mass is 285 g/mol. The van der Waals surface area contributed by atoms with E-state index in [0.29, 0.717) is 11.6 Å². The molecule has 1 aromatic carbocycles. The molecule has 0 aromatic heterocycles. The van der Waals surface area contributed by atoms with Crippen molar-refractivity contribution >= 4 is 15.7 Å². The molecule has 19 heavy (non-hydrogen) atoms. The number of hydrogen-bond donors (Lipinski definition) is 1. The summed E-state index contributed by atoms with van der Waals surface area (Å²) in [4.78, 5) is 0. The first-order valence-corrected chi connectivity index (χ1v) is 8.00. The van der Waals surface area contributed by atoms with Crippen LogP contribution in [0.15, 0.2) is 18.2 Å². The number of sulfonamides is 1. The van der Waals surface area contributed by atoms with Gasteiger partial charge in [-0.05, 0) is 38.3 Å². The summed E-state index contributed by atoms with van der Waals surface area (Å²) in [6.45, 7) is 7.50. The molecule has 0 bridgehead atoms. The molecule has 0 heterocycles. The molecule has 0 aliphatic heterocycles. The van der Waals surface area contributed by atoms with Gasteiger partial charge in [0, 0.05) is 5.56 Å². The third-order valence-electron chi connectivity index (χ3n) is 2.84. The molecule has 1 N–H and O–H groups in total. The summed E-state index contributed by atoms with van der Waals surface area (Å²) in [5.41, 5.74) is 1.52. The number of methoxy groups -OCH3 is 1. The van der Waals surface area contributed by atoms with Crippen molar-refractivity contribution in [3.8, 4) is 5.75 Å². The Morgan fingerprint density at radius 1 is 1.21 bits per heavy atom. The smallest absolute Gasteiger partial charge is 0.235 e. The molecule has 1 aromatic rings. The maximum atomic E-state index is 12.0. The Balaban J connectivity index is 3.20. The molecule has 5 heteroatoms. The Morgan fingerprint density at radius 2 is 1.84 bits per heavy atom. The molecule has 0 unspecified atom stereocenters. The van der Waals surface area contributed by atoms with E-state index < -0.39 is 15.3 Å². The van der Waals surface area contributed by atoms with E-state index in [9.17, 15) is 8.42 Å². The van der Waals surface area contributed by atoms with Crippen LogP contribution in [0.2, 0.25) is 0 Å². The van der Waals surface area contributed by atoms with E-state index in [0.717, 1.165) is 17.7 Å². The number of hydrogen-bond acceptors (Lipinski definition) is 3. The molecule has 0 saturated carbocycles. The van der Waals surface area contributed by atoms with Crippen LogP contribution in [0.25, 0.3) is 0 Å². The molecule has 0 amide bonds. The zero-order valence-corrected chi connectivity index (χ0v) is 13.0. The molecular formula is C14H23NO3S. The quantitative estimate of drug-likeness (QED) is 0.874. The fourth-order valence-electron chi connectivity index (χ4n) is 1.74. The Hall–Kier alpha value is -1.23. The Bertz CT molecular complexity index is 521. The molecule has 0 aliphatic carbocycles. The lowest BCUT2D eigenvalue weighted by Crippen LogP contribution is -2.23. The fourth-order valence-corrected chi connectivity index (χ4v) is 2.48. The van der Waals surface area contributed by atoms with Crippen molar-refractivity contribution in [1.82, 2.24) is 0 Å². The number of anilines is 1. The van der Waals surface area contributed by atoms with Crippen LogP contribution in [0.3, 0.4) is 0 Å². The van der Waals surface area contributed by atoms with Gasteiger partial charge in [-0.15, -0.1) is 0 Å². The minimum atomic E-state index is -3.34. The summed E-state index contributed by atoms with van der Waals surface area (Å²) in [6.07, 6.45) is 0.764. The van der Waals surface area contributed by atoms with Crippen LogP contribution in [0.1, 0.15) is 33.3 Å². The zero-order valence-electron chi connectivity index (χ0n) is 12.2. The minimum Gasteiger partial charge on any atom is -0.496 e. The molecule has 0 aliphatic rings. The van der Waals surface area contributed by atoms with Crippen LogP contribution in [-0.2, 0) is 16.4 Å². The molecule has 0 fully saturated rings. The van der Waals surface area contributed by atoms with E-state index in [1.807, 2.05) is 6.07 Å². The third kappa shape index (κ3) is 4.13. The lowest BCUT2D eigenvalue weighted by molar-refractivity contribution is 0.407. The van der Waals surface area contributed by atoms with Gasteiger partial charge in [-0.25, -0.2) is 8.42 Å². The number of nitrogens with one attached hydrogen (secondary N) is 1. The van der Waals surface area contributed by atoms with Gasteiger partial charge in [0.1, 0.15) is 5.75 Å². The van der Waals surface area contributed by atoms with Gasteiger partial charge in [-0.2, -0.15) is 0 Å². The maximum Gasteiger partial charge on any atom is 0.235 e. The van der Waals surface area contributed by atoms with Gasteiger partial charge < -0.3 is 4.74 Å². The van der Waals surface area contributed by atoms with Crippen LogP contribution in [-0.4, -0.2) is 20.8 Å². The summed E-state index contributed by atoms with van der Waals surface area (Å²) >= 11 is 0. The Morgan fingerprint density at radius 3 is 2.32 bits per heavy atom. The molecule has 0 spiro atoms. The molecule has 108 valence electrons. The summed E-state index contributed by atoms with van der Waals surface area (Å²) < 4.78 is 32.0. The Kier molecular flexibility index (Phi) is 5.23. The highest BCUT2D eigenvalue weighted by Crippen LogP contribution is 2.30. The van der Waals surface area contributed by atoms with Gasteiger partial charge in [0.2, 0.25) is 10.0 Å². The molecule has 4 nitrogen and oxygen atoms in total. The summed E-state index contributed by atoms with van der Waals surface area (Å²) in [6, 6.07) is 5.42. The predicted molar refractivity (Wildman–Crippen MR) is 79.2 cm³/mol. The minimum absolute atomic E-state index is 0.415. The lowest BCUT2D eigenvalue weighted by Gasteiger charge is -2.18.